The zero-order valence-corrected chi connectivity index (χ0v) is 14.1. The molecule has 2 N–H and O–H groups in total. The van der Waals surface area contributed by atoms with Crippen molar-refractivity contribution in [2.75, 3.05) is 32.3 Å². The number of carbonyl (C=O) groups is 1. The predicted molar refractivity (Wildman–Crippen MR) is 86.5 cm³/mol. The normalized spacial score (nSPS) is 19.3. The number of sulfone groups is 1. The summed E-state index contributed by atoms with van der Waals surface area (Å²) in [5, 5.41) is 5.76. The van der Waals surface area contributed by atoms with Crippen molar-refractivity contribution in [1.29, 1.82) is 0 Å². The first-order chi connectivity index (χ1) is 10.9. The number of methoxy groups -OCH3 is 2. The van der Waals surface area contributed by atoms with Crippen LogP contribution < -0.4 is 20.1 Å². The maximum Gasteiger partial charge on any atom is 0.234 e. The Morgan fingerprint density at radius 1 is 1.26 bits per heavy atom. The number of amides is 1. The van der Waals surface area contributed by atoms with Gasteiger partial charge in [-0.1, -0.05) is 6.07 Å². The Kier molecular flexibility index (Phi) is 5.84. The third-order valence-corrected chi connectivity index (χ3v) is 5.49. The van der Waals surface area contributed by atoms with Gasteiger partial charge in [-0.25, -0.2) is 8.42 Å². The third kappa shape index (κ3) is 5.11. The highest BCUT2D eigenvalue weighted by Crippen LogP contribution is 2.27. The van der Waals surface area contributed by atoms with Crippen LogP contribution in [0.5, 0.6) is 11.5 Å². The number of nitrogens with one attached hydrogen (secondary N) is 2. The highest BCUT2D eigenvalue weighted by atomic mass is 32.2. The Bertz CT molecular complexity index is 660. The zero-order chi connectivity index (χ0) is 16.9. The van der Waals surface area contributed by atoms with Gasteiger partial charge < -0.3 is 20.1 Å². The van der Waals surface area contributed by atoms with Gasteiger partial charge >= 0.3 is 0 Å². The fraction of sp³-hybridized carbons (Fsp3) is 0.533. The molecule has 8 heteroatoms. The van der Waals surface area contributed by atoms with Crippen molar-refractivity contribution in [2.45, 2.75) is 19.0 Å². The molecule has 0 aromatic heterocycles. The van der Waals surface area contributed by atoms with Crippen molar-refractivity contribution in [1.82, 2.24) is 10.6 Å². The number of benzene rings is 1. The minimum atomic E-state index is -2.93. The summed E-state index contributed by atoms with van der Waals surface area (Å²) >= 11 is 0. The van der Waals surface area contributed by atoms with Crippen molar-refractivity contribution in [2.24, 2.45) is 0 Å². The van der Waals surface area contributed by atoms with Gasteiger partial charge in [0.2, 0.25) is 5.91 Å². The topological polar surface area (TPSA) is 93.7 Å². The zero-order valence-electron chi connectivity index (χ0n) is 13.3. The molecule has 1 aromatic carbocycles. The van der Waals surface area contributed by atoms with Crippen LogP contribution in [-0.2, 0) is 21.2 Å². The van der Waals surface area contributed by atoms with Crippen molar-refractivity contribution in [3.8, 4) is 11.5 Å². The van der Waals surface area contributed by atoms with Gasteiger partial charge in [0.1, 0.15) is 0 Å². The number of ether oxygens (including phenoxy) is 2. The first-order valence-corrected chi connectivity index (χ1v) is 9.17. The molecule has 0 bridgehead atoms. The molecule has 2 rings (SSSR count). The molecule has 1 aliphatic rings. The van der Waals surface area contributed by atoms with Crippen LogP contribution >= 0.6 is 0 Å². The molecule has 0 radical (unpaired) electrons. The van der Waals surface area contributed by atoms with E-state index in [0.717, 1.165) is 5.56 Å². The van der Waals surface area contributed by atoms with E-state index in [0.29, 0.717) is 24.5 Å². The van der Waals surface area contributed by atoms with E-state index in [1.54, 1.807) is 26.4 Å². The molecule has 1 aromatic rings. The summed E-state index contributed by atoms with van der Waals surface area (Å²) in [7, 11) is 0.186. The van der Waals surface area contributed by atoms with Crippen LogP contribution in [0.4, 0.5) is 0 Å². The SMILES string of the molecule is COc1ccc(CNC(=O)CNC2CCS(=O)(=O)C2)cc1OC. The molecule has 1 aliphatic heterocycles. The minimum Gasteiger partial charge on any atom is -0.493 e. The van der Waals surface area contributed by atoms with Gasteiger partial charge in [-0.2, -0.15) is 0 Å². The molecular formula is C15H22N2O5S. The van der Waals surface area contributed by atoms with E-state index in [4.69, 9.17) is 9.47 Å². The van der Waals surface area contributed by atoms with Gasteiger partial charge in [-0.15, -0.1) is 0 Å². The Hall–Kier alpha value is -1.80. The molecule has 1 fully saturated rings. The molecule has 1 saturated heterocycles. The van der Waals surface area contributed by atoms with Crippen LogP contribution in [0.25, 0.3) is 0 Å². The smallest absolute Gasteiger partial charge is 0.234 e. The first kappa shape index (κ1) is 17.6. The van der Waals surface area contributed by atoms with Gasteiger partial charge in [-0.3, -0.25) is 4.79 Å². The molecule has 1 atom stereocenters. The lowest BCUT2D eigenvalue weighted by Gasteiger charge is -2.12. The second kappa shape index (κ2) is 7.65. The summed E-state index contributed by atoms with van der Waals surface area (Å²) in [5.41, 5.74) is 0.888. The van der Waals surface area contributed by atoms with Crippen LogP contribution in [0.3, 0.4) is 0 Å². The first-order valence-electron chi connectivity index (χ1n) is 7.35. The Morgan fingerprint density at radius 3 is 2.61 bits per heavy atom. The van der Waals surface area contributed by atoms with Crippen LogP contribution in [-0.4, -0.2) is 52.6 Å². The molecular weight excluding hydrogens is 320 g/mol. The Morgan fingerprint density at radius 2 is 2.00 bits per heavy atom. The summed E-state index contributed by atoms with van der Waals surface area (Å²) in [5.74, 6) is 1.36. The maximum absolute atomic E-state index is 11.8. The molecule has 0 spiro atoms. The monoisotopic (exact) mass is 342 g/mol. The van der Waals surface area contributed by atoms with Gasteiger partial charge in [0.05, 0.1) is 32.3 Å². The quantitative estimate of drug-likeness (QED) is 0.730. The average molecular weight is 342 g/mol. The summed E-state index contributed by atoms with van der Waals surface area (Å²) in [4.78, 5) is 11.8. The van der Waals surface area contributed by atoms with Gasteiger partial charge in [-0.05, 0) is 24.1 Å². The standard InChI is InChI=1S/C15H22N2O5S/c1-21-13-4-3-11(7-14(13)22-2)8-17-15(18)9-16-12-5-6-23(19,20)10-12/h3-4,7,12,16H,5-6,8-10H2,1-2H3,(H,17,18). The maximum atomic E-state index is 11.8. The summed E-state index contributed by atoms with van der Waals surface area (Å²) in [6.45, 7) is 0.470. The van der Waals surface area contributed by atoms with Crippen LogP contribution in [0.15, 0.2) is 18.2 Å². The second-order valence-corrected chi connectivity index (χ2v) is 7.68. The van der Waals surface area contributed by atoms with E-state index in [9.17, 15) is 13.2 Å². The molecule has 1 unspecified atom stereocenters. The van der Waals surface area contributed by atoms with Gasteiger partial charge in [0.15, 0.2) is 21.3 Å². The van der Waals surface area contributed by atoms with E-state index in [1.807, 2.05) is 6.07 Å². The van der Waals surface area contributed by atoms with Crippen molar-refractivity contribution < 1.29 is 22.7 Å². The van der Waals surface area contributed by atoms with Crippen molar-refractivity contribution >= 4 is 15.7 Å². The minimum absolute atomic E-state index is 0.105. The van der Waals surface area contributed by atoms with Crippen LogP contribution in [0.1, 0.15) is 12.0 Å². The molecule has 0 aliphatic carbocycles. The fourth-order valence-corrected chi connectivity index (χ4v) is 4.15. The molecule has 23 heavy (non-hydrogen) atoms. The number of carbonyl (C=O) groups excluding carboxylic acids is 1. The summed E-state index contributed by atoms with van der Waals surface area (Å²) in [6.07, 6.45) is 0.561. The van der Waals surface area contributed by atoms with E-state index >= 15 is 0 Å². The van der Waals surface area contributed by atoms with E-state index < -0.39 is 9.84 Å². The summed E-state index contributed by atoms with van der Waals surface area (Å²) in [6, 6.07) is 5.29. The molecule has 0 saturated carbocycles. The van der Waals surface area contributed by atoms with Crippen LogP contribution in [0, 0.1) is 0 Å². The number of rotatable bonds is 7. The fourth-order valence-electron chi connectivity index (χ4n) is 2.45. The van der Waals surface area contributed by atoms with Crippen molar-refractivity contribution in [3.05, 3.63) is 23.8 Å². The predicted octanol–water partition coefficient (Wildman–Crippen LogP) is 0.0967. The van der Waals surface area contributed by atoms with Crippen molar-refractivity contribution in [3.63, 3.8) is 0 Å². The highest BCUT2D eigenvalue weighted by Gasteiger charge is 2.27. The Labute approximate surface area is 136 Å². The average Bonchev–Trinajstić information content (AvgIpc) is 2.89. The molecule has 1 amide bonds. The summed E-state index contributed by atoms with van der Waals surface area (Å²) < 4.78 is 33.1. The lowest BCUT2D eigenvalue weighted by Crippen LogP contribution is -2.39. The highest BCUT2D eigenvalue weighted by molar-refractivity contribution is 7.91. The lowest BCUT2D eigenvalue weighted by atomic mass is 10.2. The number of hydrogen-bond donors (Lipinski definition) is 2. The second-order valence-electron chi connectivity index (χ2n) is 5.45. The van der Waals surface area contributed by atoms with Crippen LogP contribution in [0.2, 0.25) is 0 Å². The molecule has 7 nitrogen and oxygen atoms in total. The molecule has 1 heterocycles. The molecule has 128 valence electrons. The van der Waals surface area contributed by atoms with E-state index in [-0.39, 0.29) is 30.0 Å². The number of hydrogen-bond acceptors (Lipinski definition) is 6. The largest absolute Gasteiger partial charge is 0.493 e. The van der Waals surface area contributed by atoms with E-state index in [1.165, 1.54) is 0 Å². The third-order valence-electron chi connectivity index (χ3n) is 3.72. The van der Waals surface area contributed by atoms with Gasteiger partial charge in [0.25, 0.3) is 0 Å². The Balaban J connectivity index is 1.78. The van der Waals surface area contributed by atoms with Gasteiger partial charge in [0, 0.05) is 12.6 Å². The lowest BCUT2D eigenvalue weighted by molar-refractivity contribution is -0.120. The van der Waals surface area contributed by atoms with E-state index in [2.05, 4.69) is 10.6 Å².